The largest absolute Gasteiger partial charge is 0.352 e. The number of hydrogen-bond donors (Lipinski definition) is 1. The van der Waals surface area contributed by atoms with E-state index >= 15 is 0 Å². The zero-order valence-corrected chi connectivity index (χ0v) is 16.3. The van der Waals surface area contributed by atoms with E-state index in [-0.39, 0.29) is 5.91 Å². The highest BCUT2D eigenvalue weighted by Gasteiger charge is 2.11. The molecule has 0 fully saturated rings. The molecule has 4 rings (SSSR count). The van der Waals surface area contributed by atoms with Gasteiger partial charge in [0.05, 0.1) is 5.69 Å². The van der Waals surface area contributed by atoms with E-state index in [4.69, 9.17) is 0 Å². The van der Waals surface area contributed by atoms with Gasteiger partial charge in [0.2, 0.25) is 10.9 Å². The predicted octanol–water partition coefficient (Wildman–Crippen LogP) is 4.14. The Balaban J connectivity index is 1.38. The third kappa shape index (κ3) is 4.18. The number of rotatable bonds is 6. The number of benzene rings is 2. The van der Waals surface area contributed by atoms with Crippen LogP contribution in [0.4, 0.5) is 0 Å². The molecule has 0 saturated carbocycles. The fourth-order valence-corrected chi connectivity index (χ4v) is 3.69. The molecule has 0 bridgehead atoms. The van der Waals surface area contributed by atoms with E-state index in [0.717, 1.165) is 27.6 Å². The van der Waals surface area contributed by atoms with Gasteiger partial charge in [-0.1, -0.05) is 60.2 Å². The molecule has 1 amide bonds. The molecule has 0 aliphatic carbocycles. The molecular formula is C22H20N4OS. The first-order chi connectivity index (χ1) is 13.7. The maximum Gasteiger partial charge on any atom is 0.244 e. The van der Waals surface area contributed by atoms with Crippen LogP contribution in [0.2, 0.25) is 0 Å². The van der Waals surface area contributed by atoms with E-state index < -0.39 is 0 Å². The molecule has 0 spiro atoms. The molecule has 28 heavy (non-hydrogen) atoms. The van der Waals surface area contributed by atoms with E-state index in [9.17, 15) is 4.79 Å². The van der Waals surface area contributed by atoms with Crippen molar-refractivity contribution in [3.8, 4) is 11.4 Å². The van der Waals surface area contributed by atoms with Gasteiger partial charge in [-0.25, -0.2) is 4.52 Å². The van der Waals surface area contributed by atoms with Crippen LogP contribution in [-0.2, 0) is 11.2 Å². The van der Waals surface area contributed by atoms with Crippen LogP contribution in [0.3, 0.4) is 0 Å². The second kappa shape index (κ2) is 8.19. The Morgan fingerprint density at radius 3 is 2.71 bits per heavy atom. The average molecular weight is 388 g/mol. The molecule has 1 N–H and O–H groups in total. The lowest BCUT2D eigenvalue weighted by molar-refractivity contribution is -0.116. The van der Waals surface area contributed by atoms with Crippen LogP contribution < -0.4 is 5.32 Å². The molecular weight excluding hydrogens is 368 g/mol. The summed E-state index contributed by atoms with van der Waals surface area (Å²) in [7, 11) is 0. The van der Waals surface area contributed by atoms with Gasteiger partial charge in [0.1, 0.15) is 0 Å². The molecule has 0 aliphatic heterocycles. The van der Waals surface area contributed by atoms with Gasteiger partial charge in [-0.2, -0.15) is 4.98 Å². The number of carbonyl (C=O) groups is 1. The third-order valence-corrected chi connectivity index (χ3v) is 5.23. The number of aromatic nitrogens is 3. The molecule has 140 valence electrons. The minimum absolute atomic E-state index is 0.103. The maximum atomic E-state index is 12.0. The first kappa shape index (κ1) is 18.1. The van der Waals surface area contributed by atoms with Crippen LogP contribution in [-0.4, -0.2) is 27.0 Å². The summed E-state index contributed by atoms with van der Waals surface area (Å²) in [6.45, 7) is 2.61. The Morgan fingerprint density at radius 1 is 1.14 bits per heavy atom. The zero-order chi connectivity index (χ0) is 19.3. The van der Waals surface area contributed by atoms with Crippen molar-refractivity contribution in [2.45, 2.75) is 13.3 Å². The van der Waals surface area contributed by atoms with Crippen molar-refractivity contribution in [3.05, 3.63) is 82.9 Å². The number of aryl methyl sites for hydroxylation is 1. The minimum atomic E-state index is -0.103. The van der Waals surface area contributed by atoms with Crippen molar-refractivity contribution in [2.75, 3.05) is 6.54 Å². The first-order valence-corrected chi connectivity index (χ1v) is 9.98. The highest BCUT2D eigenvalue weighted by Crippen LogP contribution is 2.21. The van der Waals surface area contributed by atoms with Gasteiger partial charge in [-0.05, 0) is 18.6 Å². The smallest absolute Gasteiger partial charge is 0.244 e. The van der Waals surface area contributed by atoms with E-state index in [1.54, 1.807) is 17.4 Å². The van der Waals surface area contributed by atoms with E-state index in [2.05, 4.69) is 34.5 Å². The minimum Gasteiger partial charge on any atom is -0.352 e. The van der Waals surface area contributed by atoms with Gasteiger partial charge >= 0.3 is 0 Å². The van der Waals surface area contributed by atoms with E-state index in [1.807, 2.05) is 58.4 Å². The lowest BCUT2D eigenvalue weighted by atomic mass is 10.1. The van der Waals surface area contributed by atoms with E-state index in [0.29, 0.717) is 13.0 Å². The standard InChI is InChI=1S/C22H20N4OS/c1-16-7-10-18(11-8-16)21-24-22-26(25-21)19(15-28-22)13-14-23-20(27)12-9-17-5-3-2-4-6-17/h2-12,15H,13-14H2,1H3,(H,23,27)/b12-9+. The number of hydrogen-bond acceptors (Lipinski definition) is 4. The van der Waals surface area contributed by atoms with Crippen molar-refractivity contribution in [3.63, 3.8) is 0 Å². The Hall–Kier alpha value is -3.25. The summed E-state index contributed by atoms with van der Waals surface area (Å²) in [5, 5.41) is 9.60. The van der Waals surface area contributed by atoms with Crippen LogP contribution in [0, 0.1) is 6.92 Å². The van der Waals surface area contributed by atoms with Crippen molar-refractivity contribution < 1.29 is 4.79 Å². The van der Waals surface area contributed by atoms with E-state index in [1.165, 1.54) is 5.56 Å². The summed E-state index contributed by atoms with van der Waals surface area (Å²) >= 11 is 1.56. The summed E-state index contributed by atoms with van der Waals surface area (Å²) in [4.78, 5) is 17.5. The highest BCUT2D eigenvalue weighted by atomic mass is 32.1. The van der Waals surface area contributed by atoms with Gasteiger partial charge in [-0.3, -0.25) is 4.79 Å². The quantitative estimate of drug-likeness (QED) is 0.505. The predicted molar refractivity (Wildman–Crippen MR) is 113 cm³/mol. The number of nitrogens with one attached hydrogen (secondary N) is 1. The number of amides is 1. The molecule has 2 heterocycles. The number of carbonyl (C=O) groups excluding carboxylic acids is 1. The molecule has 0 atom stereocenters. The molecule has 0 unspecified atom stereocenters. The lowest BCUT2D eigenvalue weighted by Gasteiger charge is -2.01. The van der Waals surface area contributed by atoms with Crippen molar-refractivity contribution in [2.24, 2.45) is 0 Å². The SMILES string of the molecule is Cc1ccc(-c2nc3scc(CCNC(=O)/C=C/c4ccccc4)n3n2)cc1. The highest BCUT2D eigenvalue weighted by molar-refractivity contribution is 7.15. The molecule has 0 aliphatic rings. The van der Waals surface area contributed by atoms with Crippen molar-refractivity contribution in [1.82, 2.24) is 19.9 Å². The molecule has 5 nitrogen and oxygen atoms in total. The second-order valence-corrected chi connectivity index (χ2v) is 7.34. The van der Waals surface area contributed by atoms with Gasteiger partial charge in [-0.15, -0.1) is 16.4 Å². The fraction of sp³-hybridized carbons (Fsp3) is 0.136. The molecule has 6 heteroatoms. The zero-order valence-electron chi connectivity index (χ0n) is 15.5. The number of fused-ring (bicyclic) bond motifs is 1. The van der Waals surface area contributed by atoms with Crippen molar-refractivity contribution in [1.29, 1.82) is 0 Å². The topological polar surface area (TPSA) is 59.3 Å². The third-order valence-electron chi connectivity index (χ3n) is 4.37. The summed E-state index contributed by atoms with van der Waals surface area (Å²) in [6.07, 6.45) is 4.06. The first-order valence-electron chi connectivity index (χ1n) is 9.10. The molecule has 0 saturated heterocycles. The van der Waals surface area contributed by atoms with Crippen LogP contribution in [0.15, 0.2) is 66.1 Å². The van der Waals surface area contributed by atoms with Gasteiger partial charge in [0.15, 0.2) is 5.82 Å². The summed E-state index contributed by atoms with van der Waals surface area (Å²) in [6, 6.07) is 18.0. The van der Waals surface area contributed by atoms with Gasteiger partial charge in [0, 0.05) is 30.0 Å². The van der Waals surface area contributed by atoms with Crippen LogP contribution >= 0.6 is 11.3 Å². The van der Waals surface area contributed by atoms with Crippen LogP contribution in [0.5, 0.6) is 0 Å². The number of nitrogens with zero attached hydrogens (tertiary/aromatic N) is 3. The average Bonchev–Trinajstić information content (AvgIpc) is 3.29. The number of thiazole rings is 1. The van der Waals surface area contributed by atoms with Crippen LogP contribution in [0.1, 0.15) is 16.8 Å². The Morgan fingerprint density at radius 2 is 1.93 bits per heavy atom. The summed E-state index contributed by atoms with van der Waals surface area (Å²) in [5.41, 5.74) is 4.26. The lowest BCUT2D eigenvalue weighted by Crippen LogP contribution is -2.23. The van der Waals surface area contributed by atoms with Crippen molar-refractivity contribution >= 4 is 28.3 Å². The Bertz CT molecular complexity index is 1110. The van der Waals surface area contributed by atoms with Gasteiger partial charge < -0.3 is 5.32 Å². The molecule has 4 aromatic rings. The summed E-state index contributed by atoms with van der Waals surface area (Å²) < 4.78 is 1.87. The second-order valence-electron chi connectivity index (χ2n) is 6.51. The Kier molecular flexibility index (Phi) is 5.30. The molecule has 2 aromatic heterocycles. The maximum absolute atomic E-state index is 12.0. The Labute approximate surface area is 167 Å². The van der Waals surface area contributed by atoms with Gasteiger partial charge in [0.25, 0.3) is 0 Å². The monoisotopic (exact) mass is 388 g/mol. The normalized spacial score (nSPS) is 11.3. The van der Waals surface area contributed by atoms with Crippen LogP contribution in [0.25, 0.3) is 22.4 Å². The molecule has 0 radical (unpaired) electrons. The fourth-order valence-electron chi connectivity index (χ4n) is 2.83. The molecule has 2 aromatic carbocycles. The summed E-state index contributed by atoms with van der Waals surface area (Å²) in [5.74, 6) is 0.622.